The predicted octanol–water partition coefficient (Wildman–Crippen LogP) is 2.91. The molecule has 2 atom stereocenters. The first-order valence-corrected chi connectivity index (χ1v) is 9.19. The number of rotatable bonds is 6. The van der Waals surface area contributed by atoms with Crippen molar-refractivity contribution in [2.45, 2.75) is 45.4 Å². The SMILES string of the molecule is Cc1ccc(S(=O)(=O)NCC(C)(C)CC2CC(C)C2=O)cc1. The Morgan fingerprint density at radius 1 is 1.23 bits per heavy atom. The Balaban J connectivity index is 1.95. The number of benzene rings is 1. The summed E-state index contributed by atoms with van der Waals surface area (Å²) >= 11 is 0. The third-order valence-electron chi connectivity index (χ3n) is 4.40. The fourth-order valence-corrected chi connectivity index (χ4v) is 4.16. The number of carbonyl (C=O) groups excluding carboxylic acids is 1. The van der Waals surface area contributed by atoms with Crippen molar-refractivity contribution in [2.75, 3.05) is 6.54 Å². The zero-order valence-corrected chi connectivity index (χ0v) is 14.5. The molecule has 1 aliphatic rings. The van der Waals surface area contributed by atoms with E-state index in [2.05, 4.69) is 4.72 Å². The van der Waals surface area contributed by atoms with Gasteiger partial charge in [0.15, 0.2) is 0 Å². The largest absolute Gasteiger partial charge is 0.299 e. The molecule has 22 heavy (non-hydrogen) atoms. The van der Waals surface area contributed by atoms with Gasteiger partial charge >= 0.3 is 0 Å². The van der Waals surface area contributed by atoms with Gasteiger partial charge in [-0.3, -0.25) is 4.79 Å². The van der Waals surface area contributed by atoms with E-state index in [1.807, 2.05) is 27.7 Å². The summed E-state index contributed by atoms with van der Waals surface area (Å²) in [6.07, 6.45) is 1.65. The van der Waals surface area contributed by atoms with Crippen LogP contribution in [0.3, 0.4) is 0 Å². The second-order valence-electron chi connectivity index (χ2n) is 7.24. The molecular weight excluding hydrogens is 298 g/mol. The van der Waals surface area contributed by atoms with Crippen molar-refractivity contribution in [2.24, 2.45) is 17.3 Å². The molecule has 5 heteroatoms. The number of Topliss-reactive ketones (excluding diaryl/α,β-unsaturated/α-hetero) is 1. The highest BCUT2D eigenvalue weighted by molar-refractivity contribution is 7.89. The lowest BCUT2D eigenvalue weighted by atomic mass is 9.67. The van der Waals surface area contributed by atoms with Crippen LogP contribution in [-0.4, -0.2) is 20.7 Å². The molecule has 2 rings (SSSR count). The molecule has 1 N–H and O–H groups in total. The maximum atomic E-state index is 12.3. The van der Waals surface area contributed by atoms with Crippen LogP contribution < -0.4 is 4.72 Å². The summed E-state index contributed by atoms with van der Waals surface area (Å²) in [5, 5.41) is 0. The molecule has 2 unspecified atom stereocenters. The quantitative estimate of drug-likeness (QED) is 0.875. The second kappa shape index (κ2) is 6.13. The van der Waals surface area contributed by atoms with Crippen LogP contribution in [-0.2, 0) is 14.8 Å². The first kappa shape index (κ1) is 17.2. The molecular formula is C17H25NO3S. The number of hydrogen-bond donors (Lipinski definition) is 1. The topological polar surface area (TPSA) is 63.2 Å². The number of nitrogens with one attached hydrogen (secondary N) is 1. The molecule has 1 aliphatic carbocycles. The van der Waals surface area contributed by atoms with Crippen molar-refractivity contribution in [3.05, 3.63) is 29.8 Å². The Hall–Kier alpha value is -1.20. The van der Waals surface area contributed by atoms with Gasteiger partial charge in [-0.15, -0.1) is 0 Å². The lowest BCUT2D eigenvalue weighted by Gasteiger charge is -2.37. The number of carbonyl (C=O) groups is 1. The van der Waals surface area contributed by atoms with Crippen LogP contribution >= 0.6 is 0 Å². The fourth-order valence-electron chi connectivity index (χ4n) is 2.92. The molecule has 0 heterocycles. The van der Waals surface area contributed by atoms with Crippen molar-refractivity contribution >= 4 is 15.8 Å². The van der Waals surface area contributed by atoms with Crippen LogP contribution in [0.1, 0.15) is 39.2 Å². The van der Waals surface area contributed by atoms with E-state index in [1.54, 1.807) is 24.3 Å². The van der Waals surface area contributed by atoms with Gasteiger partial charge in [0.05, 0.1) is 4.90 Å². The maximum Gasteiger partial charge on any atom is 0.240 e. The molecule has 0 saturated heterocycles. The van der Waals surface area contributed by atoms with Crippen molar-refractivity contribution in [1.29, 1.82) is 0 Å². The van der Waals surface area contributed by atoms with Crippen molar-refractivity contribution in [1.82, 2.24) is 4.72 Å². The fraction of sp³-hybridized carbons (Fsp3) is 0.588. The molecule has 4 nitrogen and oxygen atoms in total. The Labute approximate surface area is 133 Å². The van der Waals surface area contributed by atoms with Crippen LogP contribution in [0.25, 0.3) is 0 Å². The molecule has 0 amide bonds. The van der Waals surface area contributed by atoms with E-state index in [0.29, 0.717) is 12.3 Å². The van der Waals surface area contributed by atoms with Gasteiger partial charge in [0.1, 0.15) is 5.78 Å². The van der Waals surface area contributed by atoms with Gasteiger partial charge in [0.25, 0.3) is 0 Å². The van der Waals surface area contributed by atoms with Crippen molar-refractivity contribution in [3.8, 4) is 0 Å². The zero-order chi connectivity index (χ0) is 16.5. The zero-order valence-electron chi connectivity index (χ0n) is 13.7. The minimum Gasteiger partial charge on any atom is -0.299 e. The third-order valence-corrected chi connectivity index (χ3v) is 5.81. The molecule has 0 spiro atoms. The number of ketones is 1. The van der Waals surface area contributed by atoms with Gasteiger partial charge in [0.2, 0.25) is 10.0 Å². The first-order valence-electron chi connectivity index (χ1n) is 7.71. The van der Waals surface area contributed by atoms with Crippen LogP contribution in [0.4, 0.5) is 0 Å². The highest BCUT2D eigenvalue weighted by atomic mass is 32.2. The molecule has 1 aromatic rings. The van der Waals surface area contributed by atoms with Gasteiger partial charge < -0.3 is 0 Å². The van der Waals surface area contributed by atoms with Gasteiger partial charge in [-0.05, 0) is 37.3 Å². The van der Waals surface area contributed by atoms with Crippen LogP contribution in [0.5, 0.6) is 0 Å². The van der Waals surface area contributed by atoms with Crippen molar-refractivity contribution in [3.63, 3.8) is 0 Å². The Morgan fingerprint density at radius 3 is 2.32 bits per heavy atom. The smallest absolute Gasteiger partial charge is 0.240 e. The minimum atomic E-state index is -3.49. The average molecular weight is 323 g/mol. The summed E-state index contributed by atoms with van der Waals surface area (Å²) < 4.78 is 27.3. The lowest BCUT2D eigenvalue weighted by Crippen LogP contribution is -2.41. The van der Waals surface area contributed by atoms with Crippen LogP contribution in [0.15, 0.2) is 29.2 Å². The summed E-state index contributed by atoms with van der Waals surface area (Å²) in [6, 6.07) is 6.80. The molecule has 122 valence electrons. The van der Waals surface area contributed by atoms with E-state index in [-0.39, 0.29) is 22.1 Å². The highest BCUT2D eigenvalue weighted by Gasteiger charge is 2.39. The highest BCUT2D eigenvalue weighted by Crippen LogP contribution is 2.38. The summed E-state index contributed by atoms with van der Waals surface area (Å²) in [5.74, 6) is 0.577. The van der Waals surface area contributed by atoms with Crippen LogP contribution in [0, 0.1) is 24.2 Å². The molecule has 0 bridgehead atoms. The van der Waals surface area contributed by atoms with E-state index in [1.165, 1.54) is 0 Å². The monoisotopic (exact) mass is 323 g/mol. The van der Waals surface area contributed by atoms with E-state index < -0.39 is 10.0 Å². The summed E-state index contributed by atoms with van der Waals surface area (Å²) in [6.45, 7) is 8.21. The standard InChI is InChI=1S/C17H25NO3S/c1-12-5-7-15(8-6-12)22(20,21)18-11-17(3,4)10-14-9-13(2)16(14)19/h5-8,13-14,18H,9-11H2,1-4H3. The van der Waals surface area contributed by atoms with E-state index >= 15 is 0 Å². The summed E-state index contributed by atoms with van der Waals surface area (Å²) in [7, 11) is -3.49. The van der Waals surface area contributed by atoms with E-state index in [9.17, 15) is 13.2 Å². The van der Waals surface area contributed by atoms with E-state index in [0.717, 1.165) is 18.4 Å². The Kier molecular flexibility index (Phi) is 4.78. The molecule has 1 aromatic carbocycles. The second-order valence-corrected chi connectivity index (χ2v) is 9.01. The van der Waals surface area contributed by atoms with Gasteiger partial charge in [-0.2, -0.15) is 0 Å². The summed E-state index contributed by atoms with van der Waals surface area (Å²) in [4.78, 5) is 12.0. The van der Waals surface area contributed by atoms with E-state index in [4.69, 9.17) is 0 Å². The Morgan fingerprint density at radius 2 is 1.82 bits per heavy atom. The minimum absolute atomic E-state index is 0.0916. The van der Waals surface area contributed by atoms with Crippen LogP contribution in [0.2, 0.25) is 0 Å². The predicted molar refractivity (Wildman–Crippen MR) is 87.0 cm³/mol. The normalized spacial score (nSPS) is 22.5. The van der Waals surface area contributed by atoms with Crippen molar-refractivity contribution < 1.29 is 13.2 Å². The molecule has 0 aliphatic heterocycles. The lowest BCUT2D eigenvalue weighted by molar-refractivity contribution is -0.136. The molecule has 0 radical (unpaired) electrons. The van der Waals surface area contributed by atoms with Gasteiger partial charge in [-0.25, -0.2) is 13.1 Å². The first-order chi connectivity index (χ1) is 10.1. The third kappa shape index (κ3) is 3.96. The summed E-state index contributed by atoms with van der Waals surface area (Å²) in [5.41, 5.74) is 0.787. The molecule has 0 aromatic heterocycles. The molecule has 1 fully saturated rings. The maximum absolute atomic E-state index is 12.3. The number of aryl methyl sites for hydroxylation is 1. The van der Waals surface area contributed by atoms with Gasteiger partial charge in [0, 0.05) is 18.4 Å². The number of sulfonamides is 1. The average Bonchev–Trinajstić information content (AvgIpc) is 2.45. The molecule has 1 saturated carbocycles. The number of hydrogen-bond acceptors (Lipinski definition) is 3. The Bertz CT molecular complexity index is 647. The van der Waals surface area contributed by atoms with Gasteiger partial charge in [-0.1, -0.05) is 38.5 Å².